The van der Waals surface area contributed by atoms with Crippen LogP contribution in [0.5, 0.6) is 0 Å². The van der Waals surface area contributed by atoms with Gasteiger partial charge in [0.1, 0.15) is 0 Å². The molecule has 1 amide bonds. The average Bonchev–Trinajstić information content (AvgIpc) is 3.29. The van der Waals surface area contributed by atoms with Crippen molar-refractivity contribution in [2.45, 2.75) is 52.6 Å². The van der Waals surface area contributed by atoms with Crippen LogP contribution in [0, 0.1) is 5.92 Å². The smallest absolute Gasteiger partial charge is 0.223 e. The van der Waals surface area contributed by atoms with Crippen molar-refractivity contribution in [3.05, 3.63) is 0 Å². The van der Waals surface area contributed by atoms with Crippen LogP contribution < -0.4 is 16.0 Å². The number of nitrogens with zero attached hydrogens (tertiary/aromatic N) is 2. The van der Waals surface area contributed by atoms with E-state index < -0.39 is 0 Å². The Balaban J connectivity index is 0.00000484. The molecule has 0 aromatic carbocycles. The molecule has 0 aromatic heterocycles. The van der Waals surface area contributed by atoms with Crippen molar-refractivity contribution in [1.29, 1.82) is 0 Å². The molecule has 1 fully saturated rings. The van der Waals surface area contributed by atoms with E-state index in [1.165, 1.54) is 0 Å². The van der Waals surface area contributed by atoms with E-state index in [-0.39, 0.29) is 35.8 Å². The Kier molecular flexibility index (Phi) is 11.6. The molecule has 1 saturated carbocycles. The molecule has 0 aliphatic heterocycles. The number of guanidine groups is 1. The predicted octanol–water partition coefficient (Wildman–Crippen LogP) is 1.41. The molecule has 23 heavy (non-hydrogen) atoms. The molecular weight excluding hydrogens is 405 g/mol. The van der Waals surface area contributed by atoms with E-state index in [1.54, 1.807) is 7.05 Å². The molecule has 0 saturated heterocycles. The van der Waals surface area contributed by atoms with E-state index in [0.717, 1.165) is 31.9 Å². The Morgan fingerprint density at radius 3 is 2.04 bits per heavy atom. The van der Waals surface area contributed by atoms with Crippen molar-refractivity contribution in [3.8, 4) is 0 Å². The summed E-state index contributed by atoms with van der Waals surface area (Å²) in [4.78, 5) is 18.1. The number of rotatable bonds is 9. The van der Waals surface area contributed by atoms with Gasteiger partial charge in [0.15, 0.2) is 5.96 Å². The first-order valence-electron chi connectivity index (χ1n) is 8.43. The third-order valence-corrected chi connectivity index (χ3v) is 3.88. The van der Waals surface area contributed by atoms with Gasteiger partial charge in [-0.1, -0.05) is 0 Å². The monoisotopic (exact) mass is 439 g/mol. The number of hydrogen-bond donors (Lipinski definition) is 3. The lowest BCUT2D eigenvalue weighted by atomic mass is 10.2. The van der Waals surface area contributed by atoms with Gasteiger partial charge >= 0.3 is 0 Å². The van der Waals surface area contributed by atoms with Gasteiger partial charge in [0.05, 0.1) is 0 Å². The van der Waals surface area contributed by atoms with Gasteiger partial charge in [0, 0.05) is 51.2 Å². The summed E-state index contributed by atoms with van der Waals surface area (Å²) >= 11 is 0. The predicted molar refractivity (Wildman–Crippen MR) is 107 cm³/mol. The second-order valence-corrected chi connectivity index (χ2v) is 6.42. The van der Waals surface area contributed by atoms with Crippen molar-refractivity contribution >= 4 is 35.8 Å². The van der Waals surface area contributed by atoms with Gasteiger partial charge in [-0.3, -0.25) is 14.7 Å². The second kappa shape index (κ2) is 11.9. The average molecular weight is 439 g/mol. The van der Waals surface area contributed by atoms with Crippen LogP contribution in [0.25, 0.3) is 0 Å². The molecule has 0 bridgehead atoms. The van der Waals surface area contributed by atoms with E-state index in [9.17, 15) is 4.79 Å². The van der Waals surface area contributed by atoms with E-state index in [0.29, 0.717) is 25.2 Å². The van der Waals surface area contributed by atoms with Gasteiger partial charge in [-0.15, -0.1) is 24.0 Å². The first-order chi connectivity index (χ1) is 10.5. The van der Waals surface area contributed by atoms with Crippen molar-refractivity contribution in [3.63, 3.8) is 0 Å². The number of halogens is 1. The summed E-state index contributed by atoms with van der Waals surface area (Å²) in [6.07, 6.45) is 2.09. The maximum atomic E-state index is 11.5. The zero-order valence-electron chi connectivity index (χ0n) is 15.2. The highest BCUT2D eigenvalue weighted by molar-refractivity contribution is 14.0. The Labute approximate surface area is 158 Å². The van der Waals surface area contributed by atoms with Crippen molar-refractivity contribution in [1.82, 2.24) is 20.9 Å². The Hall–Kier alpha value is -0.570. The standard InChI is InChI=1S/C16H33N5O.HI/c1-12(2)21(13(3)4)11-10-20-16(17-5)19-9-8-18-15(22)14-6-7-14;/h12-14H,6-11H2,1-5H3,(H,18,22)(H2,17,19,20);1H. The summed E-state index contributed by atoms with van der Waals surface area (Å²) in [5.41, 5.74) is 0. The van der Waals surface area contributed by atoms with Crippen LogP contribution in [0.1, 0.15) is 40.5 Å². The lowest BCUT2D eigenvalue weighted by Crippen LogP contribution is -2.46. The minimum atomic E-state index is 0. The van der Waals surface area contributed by atoms with Crippen LogP contribution in [0.4, 0.5) is 0 Å². The first-order valence-corrected chi connectivity index (χ1v) is 8.43. The molecule has 7 heteroatoms. The van der Waals surface area contributed by atoms with Crippen LogP contribution in [0.15, 0.2) is 4.99 Å². The minimum Gasteiger partial charge on any atom is -0.355 e. The van der Waals surface area contributed by atoms with Crippen LogP contribution in [-0.2, 0) is 4.79 Å². The van der Waals surface area contributed by atoms with E-state index >= 15 is 0 Å². The maximum absolute atomic E-state index is 11.5. The molecule has 136 valence electrons. The fourth-order valence-electron chi connectivity index (χ4n) is 2.49. The van der Waals surface area contributed by atoms with Gasteiger partial charge in [0.2, 0.25) is 5.91 Å². The summed E-state index contributed by atoms with van der Waals surface area (Å²) in [6, 6.07) is 1.07. The molecule has 0 atom stereocenters. The highest BCUT2D eigenvalue weighted by Gasteiger charge is 2.28. The first kappa shape index (κ1) is 22.4. The molecule has 6 nitrogen and oxygen atoms in total. The minimum absolute atomic E-state index is 0. The van der Waals surface area contributed by atoms with E-state index in [2.05, 4.69) is 53.5 Å². The number of amides is 1. The number of carbonyl (C=O) groups is 1. The molecule has 0 spiro atoms. The maximum Gasteiger partial charge on any atom is 0.223 e. The third-order valence-electron chi connectivity index (χ3n) is 3.88. The number of carbonyl (C=O) groups excluding carboxylic acids is 1. The van der Waals surface area contributed by atoms with Gasteiger partial charge in [0.25, 0.3) is 0 Å². The molecule has 1 aliphatic carbocycles. The zero-order chi connectivity index (χ0) is 16.5. The van der Waals surface area contributed by atoms with Gasteiger partial charge < -0.3 is 16.0 Å². The Bertz CT molecular complexity index is 361. The number of nitrogens with one attached hydrogen (secondary N) is 3. The molecule has 1 rings (SSSR count). The fraction of sp³-hybridized carbons (Fsp3) is 0.875. The Morgan fingerprint density at radius 2 is 1.57 bits per heavy atom. The molecule has 3 N–H and O–H groups in total. The van der Waals surface area contributed by atoms with Gasteiger partial charge in [-0.25, -0.2) is 0 Å². The van der Waals surface area contributed by atoms with E-state index in [1.807, 2.05) is 0 Å². The van der Waals surface area contributed by atoms with Crippen molar-refractivity contribution in [2.24, 2.45) is 10.9 Å². The van der Waals surface area contributed by atoms with E-state index in [4.69, 9.17) is 0 Å². The summed E-state index contributed by atoms with van der Waals surface area (Å²) in [6.45, 7) is 12.0. The molecular formula is C16H34IN5O. The van der Waals surface area contributed by atoms with Gasteiger partial charge in [-0.05, 0) is 40.5 Å². The lowest BCUT2D eigenvalue weighted by Gasteiger charge is -2.30. The van der Waals surface area contributed by atoms with Crippen molar-refractivity contribution < 1.29 is 4.79 Å². The third kappa shape index (κ3) is 9.34. The van der Waals surface area contributed by atoms with Crippen molar-refractivity contribution in [2.75, 3.05) is 33.2 Å². The molecule has 1 aliphatic rings. The summed E-state index contributed by atoms with van der Waals surface area (Å²) in [5, 5.41) is 9.48. The number of aliphatic imine (C=N–C) groups is 1. The lowest BCUT2D eigenvalue weighted by molar-refractivity contribution is -0.122. The van der Waals surface area contributed by atoms with Crippen LogP contribution >= 0.6 is 24.0 Å². The molecule has 0 radical (unpaired) electrons. The number of hydrogen-bond acceptors (Lipinski definition) is 3. The van der Waals surface area contributed by atoms with Crippen LogP contribution in [0.2, 0.25) is 0 Å². The Morgan fingerprint density at radius 1 is 1.04 bits per heavy atom. The summed E-state index contributed by atoms with van der Waals surface area (Å²) < 4.78 is 0. The van der Waals surface area contributed by atoms with Crippen LogP contribution in [0.3, 0.4) is 0 Å². The zero-order valence-corrected chi connectivity index (χ0v) is 17.5. The quantitative estimate of drug-likeness (QED) is 0.220. The molecule has 0 heterocycles. The van der Waals surface area contributed by atoms with Crippen LogP contribution in [-0.4, -0.2) is 62.1 Å². The fourth-order valence-corrected chi connectivity index (χ4v) is 2.49. The second-order valence-electron chi connectivity index (χ2n) is 6.42. The summed E-state index contributed by atoms with van der Waals surface area (Å²) in [7, 11) is 1.76. The van der Waals surface area contributed by atoms with Gasteiger partial charge in [-0.2, -0.15) is 0 Å². The SMILES string of the molecule is CN=C(NCCNC(=O)C1CC1)NCCN(C(C)C)C(C)C.I. The molecule has 0 unspecified atom stereocenters. The molecule has 0 aromatic rings. The highest BCUT2D eigenvalue weighted by atomic mass is 127. The normalized spacial score (nSPS) is 14.9. The summed E-state index contributed by atoms with van der Waals surface area (Å²) in [5.74, 6) is 1.25. The largest absolute Gasteiger partial charge is 0.355 e. The highest BCUT2D eigenvalue weighted by Crippen LogP contribution is 2.28. The topological polar surface area (TPSA) is 68.8 Å².